The van der Waals surface area contributed by atoms with Gasteiger partial charge in [0, 0.05) is 30.8 Å². The summed E-state index contributed by atoms with van der Waals surface area (Å²) in [5.41, 5.74) is 1.40. The van der Waals surface area contributed by atoms with Crippen LogP contribution in [0, 0.1) is 0 Å². The van der Waals surface area contributed by atoms with Gasteiger partial charge in [-0.2, -0.15) is 4.98 Å². The molecule has 0 unspecified atom stereocenters. The molecule has 1 aromatic carbocycles. The number of rotatable bonds is 6. The van der Waals surface area contributed by atoms with E-state index in [0.717, 1.165) is 23.5 Å². The third-order valence-electron chi connectivity index (χ3n) is 4.70. The number of carbonyl (C=O) groups is 2. The Balaban J connectivity index is 1.46. The van der Waals surface area contributed by atoms with E-state index >= 15 is 0 Å². The van der Waals surface area contributed by atoms with Crippen molar-refractivity contribution in [2.45, 2.75) is 26.3 Å². The Morgan fingerprint density at radius 1 is 1.29 bits per heavy atom. The molecule has 28 heavy (non-hydrogen) atoms. The summed E-state index contributed by atoms with van der Waals surface area (Å²) in [6.45, 7) is 3.41. The number of hydrogen-bond donors (Lipinski definition) is 0. The molecule has 1 aliphatic heterocycles. The van der Waals surface area contributed by atoms with Gasteiger partial charge in [-0.1, -0.05) is 11.2 Å². The van der Waals surface area contributed by atoms with Gasteiger partial charge in [0.05, 0.1) is 4.88 Å². The van der Waals surface area contributed by atoms with E-state index in [-0.39, 0.29) is 18.4 Å². The number of benzene rings is 1. The number of amides is 2. The lowest BCUT2D eigenvalue weighted by Crippen LogP contribution is -2.30. The van der Waals surface area contributed by atoms with Gasteiger partial charge in [-0.3, -0.25) is 9.59 Å². The summed E-state index contributed by atoms with van der Waals surface area (Å²) in [5, 5.41) is 5.94. The van der Waals surface area contributed by atoms with E-state index in [2.05, 4.69) is 10.1 Å². The highest BCUT2D eigenvalue weighted by atomic mass is 32.1. The molecule has 3 aromatic rings. The van der Waals surface area contributed by atoms with E-state index in [0.29, 0.717) is 30.2 Å². The smallest absolute Gasteiger partial charge is 0.254 e. The number of nitrogens with zero attached hydrogens (tertiary/aromatic N) is 4. The van der Waals surface area contributed by atoms with Gasteiger partial charge in [0.2, 0.25) is 17.6 Å². The lowest BCUT2D eigenvalue weighted by atomic mass is 10.1. The van der Waals surface area contributed by atoms with Crippen molar-refractivity contribution in [1.29, 1.82) is 0 Å². The van der Waals surface area contributed by atoms with Gasteiger partial charge in [0.1, 0.15) is 6.54 Å². The zero-order valence-corrected chi connectivity index (χ0v) is 16.3. The van der Waals surface area contributed by atoms with E-state index < -0.39 is 0 Å². The molecule has 0 aliphatic carbocycles. The Bertz CT molecular complexity index is 966. The van der Waals surface area contributed by atoms with Crippen molar-refractivity contribution >= 4 is 28.8 Å². The molecule has 1 saturated heterocycles. The van der Waals surface area contributed by atoms with Crippen LogP contribution in [0.4, 0.5) is 5.69 Å². The van der Waals surface area contributed by atoms with Crippen LogP contribution >= 0.6 is 11.3 Å². The highest BCUT2D eigenvalue weighted by Crippen LogP contribution is 2.23. The number of anilines is 1. The fourth-order valence-electron chi connectivity index (χ4n) is 3.20. The van der Waals surface area contributed by atoms with Crippen LogP contribution in [0.3, 0.4) is 0 Å². The second-order valence-electron chi connectivity index (χ2n) is 6.50. The van der Waals surface area contributed by atoms with Crippen molar-refractivity contribution < 1.29 is 14.1 Å². The Hall–Kier alpha value is -3.00. The molecule has 1 fully saturated rings. The summed E-state index contributed by atoms with van der Waals surface area (Å²) < 4.78 is 5.31. The lowest BCUT2D eigenvalue weighted by molar-refractivity contribution is -0.117. The molecular formula is C20H20N4O3S. The van der Waals surface area contributed by atoms with Gasteiger partial charge in [0.15, 0.2) is 0 Å². The molecule has 7 nitrogen and oxygen atoms in total. The van der Waals surface area contributed by atoms with Gasteiger partial charge in [-0.05, 0) is 49.1 Å². The van der Waals surface area contributed by atoms with Crippen LogP contribution in [0.5, 0.6) is 0 Å². The molecule has 2 aromatic heterocycles. The molecule has 144 valence electrons. The van der Waals surface area contributed by atoms with E-state index in [1.165, 1.54) is 11.3 Å². The quantitative estimate of drug-likeness (QED) is 0.636. The summed E-state index contributed by atoms with van der Waals surface area (Å²) in [7, 11) is 0. The van der Waals surface area contributed by atoms with Crippen LogP contribution < -0.4 is 4.90 Å². The molecule has 4 rings (SSSR count). The zero-order chi connectivity index (χ0) is 19.5. The number of hydrogen-bond acceptors (Lipinski definition) is 6. The van der Waals surface area contributed by atoms with Crippen LogP contribution in [-0.4, -0.2) is 39.9 Å². The first-order valence-corrected chi connectivity index (χ1v) is 10.1. The average Bonchev–Trinajstić information content (AvgIpc) is 3.47. The molecule has 0 saturated carbocycles. The van der Waals surface area contributed by atoms with E-state index in [1.807, 2.05) is 36.6 Å². The number of carbonyl (C=O) groups excluding carboxylic acids is 2. The Morgan fingerprint density at radius 2 is 2.11 bits per heavy atom. The van der Waals surface area contributed by atoms with Crippen LogP contribution in [0.15, 0.2) is 46.3 Å². The first-order valence-electron chi connectivity index (χ1n) is 9.22. The third-order valence-corrected chi connectivity index (χ3v) is 5.57. The second-order valence-corrected chi connectivity index (χ2v) is 7.45. The van der Waals surface area contributed by atoms with Crippen molar-refractivity contribution in [3.8, 4) is 10.7 Å². The summed E-state index contributed by atoms with van der Waals surface area (Å²) in [5.74, 6) is 0.955. The molecule has 0 spiro atoms. The normalized spacial score (nSPS) is 13.9. The van der Waals surface area contributed by atoms with Crippen molar-refractivity contribution in [3.63, 3.8) is 0 Å². The molecular weight excluding hydrogens is 376 g/mol. The SMILES string of the molecule is CCN(Cc1nc(-c2cccs2)no1)C(=O)c1ccc(N2CCCC2=O)cc1. The minimum Gasteiger partial charge on any atom is -0.337 e. The molecule has 8 heteroatoms. The lowest BCUT2D eigenvalue weighted by Gasteiger charge is -2.20. The van der Waals surface area contributed by atoms with Gasteiger partial charge in [-0.25, -0.2) is 0 Å². The van der Waals surface area contributed by atoms with Crippen molar-refractivity contribution in [2.24, 2.45) is 0 Å². The molecule has 0 atom stereocenters. The van der Waals surface area contributed by atoms with Crippen molar-refractivity contribution in [1.82, 2.24) is 15.0 Å². The van der Waals surface area contributed by atoms with Gasteiger partial charge >= 0.3 is 0 Å². The maximum Gasteiger partial charge on any atom is 0.254 e. The highest BCUT2D eigenvalue weighted by Gasteiger charge is 2.23. The van der Waals surface area contributed by atoms with Crippen molar-refractivity contribution in [3.05, 3.63) is 53.2 Å². The van der Waals surface area contributed by atoms with Crippen LogP contribution in [0.2, 0.25) is 0 Å². The minimum atomic E-state index is -0.113. The predicted molar refractivity (Wildman–Crippen MR) is 106 cm³/mol. The first kappa shape index (κ1) is 18.4. The zero-order valence-electron chi connectivity index (χ0n) is 15.5. The van der Waals surface area contributed by atoms with E-state index in [1.54, 1.807) is 21.9 Å². The minimum absolute atomic E-state index is 0.113. The first-order chi connectivity index (χ1) is 13.7. The summed E-state index contributed by atoms with van der Waals surface area (Å²) in [6, 6.07) is 11.0. The van der Waals surface area contributed by atoms with Gasteiger partial charge in [0.25, 0.3) is 5.91 Å². The second kappa shape index (κ2) is 7.93. The monoisotopic (exact) mass is 396 g/mol. The third kappa shape index (κ3) is 3.68. The van der Waals surface area contributed by atoms with E-state index in [9.17, 15) is 9.59 Å². The highest BCUT2D eigenvalue weighted by molar-refractivity contribution is 7.13. The molecule has 0 N–H and O–H groups in total. The Labute approximate surface area is 166 Å². The fraction of sp³-hybridized carbons (Fsp3) is 0.300. The summed E-state index contributed by atoms with van der Waals surface area (Å²) in [6.07, 6.45) is 1.46. The molecule has 1 aliphatic rings. The largest absolute Gasteiger partial charge is 0.337 e. The molecule has 2 amide bonds. The Morgan fingerprint density at radius 3 is 2.75 bits per heavy atom. The fourth-order valence-corrected chi connectivity index (χ4v) is 3.85. The van der Waals surface area contributed by atoms with Crippen LogP contribution in [0.1, 0.15) is 36.0 Å². The number of thiophene rings is 1. The molecule has 0 radical (unpaired) electrons. The predicted octanol–water partition coefficient (Wildman–Crippen LogP) is 3.59. The Kier molecular flexibility index (Phi) is 5.21. The van der Waals surface area contributed by atoms with Crippen molar-refractivity contribution in [2.75, 3.05) is 18.0 Å². The van der Waals surface area contributed by atoms with Crippen LogP contribution in [-0.2, 0) is 11.3 Å². The maximum atomic E-state index is 12.9. The maximum absolute atomic E-state index is 12.9. The average molecular weight is 396 g/mol. The van der Waals surface area contributed by atoms with Gasteiger partial charge in [-0.15, -0.1) is 11.3 Å². The van der Waals surface area contributed by atoms with Gasteiger partial charge < -0.3 is 14.3 Å². The standard InChI is InChI=1S/C20H20N4O3S/c1-2-23(13-17-21-19(22-27-17)16-5-4-12-28-16)20(26)14-7-9-15(10-8-14)24-11-3-6-18(24)25/h4-5,7-10,12H,2-3,6,11,13H2,1H3. The number of aromatic nitrogens is 2. The van der Waals surface area contributed by atoms with Crippen LogP contribution in [0.25, 0.3) is 10.7 Å². The molecule has 0 bridgehead atoms. The van der Waals surface area contributed by atoms with E-state index in [4.69, 9.17) is 4.52 Å². The summed E-state index contributed by atoms with van der Waals surface area (Å²) >= 11 is 1.54. The summed E-state index contributed by atoms with van der Waals surface area (Å²) in [4.78, 5) is 33.5. The molecule has 3 heterocycles. The topological polar surface area (TPSA) is 79.5 Å².